The van der Waals surface area contributed by atoms with Crippen LogP contribution in [0.4, 0.5) is 4.79 Å². The number of piperidine rings is 1. The highest BCUT2D eigenvalue weighted by Crippen LogP contribution is 2.23. The molecule has 110 valence electrons. The van der Waals surface area contributed by atoms with Crippen molar-refractivity contribution in [1.82, 2.24) is 10.2 Å². The molecule has 0 unspecified atom stereocenters. The van der Waals surface area contributed by atoms with Crippen LogP contribution >= 0.6 is 0 Å². The molecule has 0 bridgehead atoms. The minimum absolute atomic E-state index is 0.151. The van der Waals surface area contributed by atoms with Gasteiger partial charge in [0.05, 0.1) is 0 Å². The third-order valence-corrected chi connectivity index (χ3v) is 3.83. The third-order valence-electron chi connectivity index (χ3n) is 3.83. The number of carbonyl (C=O) groups excluding carboxylic acids is 1. The zero-order chi connectivity index (χ0) is 13.9. The second-order valence-electron chi connectivity index (χ2n) is 6.93. The Morgan fingerprint density at radius 1 is 1.21 bits per heavy atom. The van der Waals surface area contributed by atoms with Gasteiger partial charge in [-0.3, -0.25) is 0 Å². The van der Waals surface area contributed by atoms with Crippen molar-refractivity contribution >= 4 is 6.09 Å². The van der Waals surface area contributed by atoms with Crippen LogP contribution in [0.15, 0.2) is 0 Å². The molecule has 0 aromatic carbocycles. The number of nitrogens with one attached hydrogen (secondary N) is 1. The van der Waals surface area contributed by atoms with Gasteiger partial charge in [-0.25, -0.2) is 4.79 Å². The first-order valence-electron chi connectivity index (χ1n) is 7.65. The Balaban J connectivity index is 1.62. The number of carbonyl (C=O) groups is 1. The zero-order valence-corrected chi connectivity index (χ0v) is 12.6. The van der Waals surface area contributed by atoms with Gasteiger partial charge in [0.1, 0.15) is 5.60 Å². The van der Waals surface area contributed by atoms with Crippen LogP contribution in [0.5, 0.6) is 0 Å². The quantitative estimate of drug-likeness (QED) is 0.852. The fourth-order valence-electron chi connectivity index (χ4n) is 2.51. The first-order chi connectivity index (χ1) is 8.94. The van der Waals surface area contributed by atoms with E-state index in [2.05, 4.69) is 5.32 Å². The van der Waals surface area contributed by atoms with Crippen molar-refractivity contribution < 1.29 is 9.53 Å². The molecule has 0 aromatic heterocycles. The Bertz CT molecular complexity index is 300. The van der Waals surface area contributed by atoms with E-state index in [1.807, 2.05) is 25.7 Å². The van der Waals surface area contributed by atoms with Crippen LogP contribution in [-0.4, -0.2) is 42.3 Å². The SMILES string of the molecule is CC(C)(C)OC(=O)N1CCC(CCNC2CC2)CC1. The molecule has 2 fully saturated rings. The number of hydrogen-bond acceptors (Lipinski definition) is 3. The van der Waals surface area contributed by atoms with Crippen LogP contribution < -0.4 is 5.32 Å². The lowest BCUT2D eigenvalue weighted by Gasteiger charge is -2.33. The number of amides is 1. The lowest BCUT2D eigenvalue weighted by atomic mass is 9.94. The van der Waals surface area contributed by atoms with Gasteiger partial charge in [0.25, 0.3) is 0 Å². The molecule has 2 aliphatic rings. The average molecular weight is 268 g/mol. The Kier molecular flexibility index (Phi) is 4.71. The van der Waals surface area contributed by atoms with Crippen LogP contribution in [0.3, 0.4) is 0 Å². The maximum absolute atomic E-state index is 11.9. The molecule has 1 amide bonds. The van der Waals surface area contributed by atoms with Crippen molar-refractivity contribution in [3.05, 3.63) is 0 Å². The van der Waals surface area contributed by atoms with E-state index in [-0.39, 0.29) is 11.7 Å². The Morgan fingerprint density at radius 3 is 2.37 bits per heavy atom. The Morgan fingerprint density at radius 2 is 1.84 bits per heavy atom. The summed E-state index contributed by atoms with van der Waals surface area (Å²) in [4.78, 5) is 13.8. The van der Waals surface area contributed by atoms with E-state index in [9.17, 15) is 4.79 Å². The van der Waals surface area contributed by atoms with Gasteiger partial charge in [-0.2, -0.15) is 0 Å². The molecular formula is C15H28N2O2. The van der Waals surface area contributed by atoms with E-state index in [1.54, 1.807) is 0 Å². The molecule has 0 aromatic rings. The van der Waals surface area contributed by atoms with Gasteiger partial charge in [0.15, 0.2) is 0 Å². The largest absolute Gasteiger partial charge is 0.444 e. The van der Waals surface area contributed by atoms with Crippen molar-refractivity contribution in [2.45, 2.75) is 64.5 Å². The molecule has 1 aliphatic heterocycles. The molecule has 1 N–H and O–H groups in total. The normalized spacial score (nSPS) is 21.5. The molecule has 1 aliphatic carbocycles. The fourth-order valence-corrected chi connectivity index (χ4v) is 2.51. The Hall–Kier alpha value is -0.770. The molecule has 19 heavy (non-hydrogen) atoms. The minimum atomic E-state index is -0.387. The number of likely N-dealkylation sites (tertiary alicyclic amines) is 1. The molecule has 0 atom stereocenters. The smallest absolute Gasteiger partial charge is 0.410 e. The fraction of sp³-hybridized carbons (Fsp3) is 0.933. The van der Waals surface area contributed by atoms with Gasteiger partial charge in [-0.15, -0.1) is 0 Å². The van der Waals surface area contributed by atoms with Crippen LogP contribution in [0.2, 0.25) is 0 Å². The monoisotopic (exact) mass is 268 g/mol. The van der Waals surface area contributed by atoms with Crippen LogP contribution in [0.1, 0.15) is 52.9 Å². The van der Waals surface area contributed by atoms with Crippen LogP contribution in [0, 0.1) is 5.92 Å². The van der Waals surface area contributed by atoms with Gasteiger partial charge in [0.2, 0.25) is 0 Å². The standard InChI is InChI=1S/C15H28N2O2/c1-15(2,3)19-14(18)17-10-7-12(8-11-17)6-9-16-13-4-5-13/h12-13,16H,4-11H2,1-3H3. The van der Waals surface area contributed by atoms with Crippen LogP contribution in [0.25, 0.3) is 0 Å². The summed E-state index contributed by atoms with van der Waals surface area (Å²) in [5.74, 6) is 0.768. The average Bonchev–Trinajstić information content (AvgIpc) is 3.12. The van der Waals surface area contributed by atoms with Crippen molar-refractivity contribution in [3.8, 4) is 0 Å². The Labute approximate surface area is 116 Å². The number of ether oxygens (including phenoxy) is 1. The molecule has 4 heteroatoms. The molecule has 2 rings (SSSR count). The molecule has 0 radical (unpaired) electrons. The summed E-state index contributed by atoms with van der Waals surface area (Å²) in [6.45, 7) is 8.59. The third kappa shape index (κ3) is 5.39. The number of hydrogen-bond donors (Lipinski definition) is 1. The van der Waals surface area contributed by atoms with Crippen molar-refractivity contribution in [3.63, 3.8) is 0 Å². The van der Waals surface area contributed by atoms with Crippen molar-refractivity contribution in [2.24, 2.45) is 5.92 Å². The summed E-state index contributed by atoms with van der Waals surface area (Å²) in [5.41, 5.74) is -0.387. The van der Waals surface area contributed by atoms with E-state index in [0.717, 1.165) is 44.4 Å². The molecule has 1 heterocycles. The van der Waals surface area contributed by atoms with Crippen molar-refractivity contribution in [2.75, 3.05) is 19.6 Å². The van der Waals surface area contributed by atoms with Gasteiger partial charge in [-0.05, 0) is 65.3 Å². The first kappa shape index (κ1) is 14.6. The van der Waals surface area contributed by atoms with Gasteiger partial charge >= 0.3 is 6.09 Å². The predicted molar refractivity (Wildman–Crippen MR) is 76.2 cm³/mol. The maximum Gasteiger partial charge on any atom is 0.410 e. The highest BCUT2D eigenvalue weighted by atomic mass is 16.6. The summed E-state index contributed by atoms with van der Waals surface area (Å²) in [5, 5.41) is 3.56. The van der Waals surface area contributed by atoms with E-state index in [1.165, 1.54) is 19.3 Å². The number of nitrogens with zero attached hydrogens (tertiary/aromatic N) is 1. The molecule has 0 spiro atoms. The number of rotatable bonds is 4. The molecule has 1 saturated carbocycles. The van der Waals surface area contributed by atoms with Gasteiger partial charge in [0, 0.05) is 19.1 Å². The molecular weight excluding hydrogens is 240 g/mol. The summed E-state index contributed by atoms with van der Waals surface area (Å²) in [7, 11) is 0. The lowest BCUT2D eigenvalue weighted by Crippen LogP contribution is -2.42. The van der Waals surface area contributed by atoms with E-state index < -0.39 is 0 Å². The zero-order valence-electron chi connectivity index (χ0n) is 12.6. The second kappa shape index (κ2) is 6.12. The summed E-state index contributed by atoms with van der Waals surface area (Å²) >= 11 is 0. The predicted octanol–water partition coefficient (Wildman–Crippen LogP) is 2.78. The summed E-state index contributed by atoms with van der Waals surface area (Å²) < 4.78 is 5.41. The maximum atomic E-state index is 11.9. The second-order valence-corrected chi connectivity index (χ2v) is 6.93. The minimum Gasteiger partial charge on any atom is -0.444 e. The van der Waals surface area contributed by atoms with Crippen LogP contribution in [-0.2, 0) is 4.74 Å². The van der Waals surface area contributed by atoms with E-state index in [0.29, 0.717) is 0 Å². The summed E-state index contributed by atoms with van der Waals surface area (Å²) in [6, 6.07) is 0.807. The molecule has 4 nitrogen and oxygen atoms in total. The first-order valence-corrected chi connectivity index (χ1v) is 7.65. The highest BCUT2D eigenvalue weighted by Gasteiger charge is 2.27. The van der Waals surface area contributed by atoms with Gasteiger partial charge < -0.3 is 15.0 Å². The topological polar surface area (TPSA) is 41.6 Å². The highest BCUT2D eigenvalue weighted by molar-refractivity contribution is 5.68. The van der Waals surface area contributed by atoms with Crippen molar-refractivity contribution in [1.29, 1.82) is 0 Å². The molecule has 1 saturated heterocycles. The summed E-state index contributed by atoms with van der Waals surface area (Å²) in [6.07, 6.45) is 6.05. The lowest BCUT2D eigenvalue weighted by molar-refractivity contribution is 0.0181. The van der Waals surface area contributed by atoms with E-state index in [4.69, 9.17) is 4.74 Å². The van der Waals surface area contributed by atoms with Gasteiger partial charge in [-0.1, -0.05) is 0 Å². The van der Waals surface area contributed by atoms with E-state index >= 15 is 0 Å².